The van der Waals surface area contributed by atoms with E-state index in [0.717, 1.165) is 18.5 Å². The molecular weight excluding hydrogens is 251 g/mol. The van der Waals surface area contributed by atoms with Crippen molar-refractivity contribution in [2.75, 3.05) is 6.54 Å². The van der Waals surface area contributed by atoms with Crippen molar-refractivity contribution in [1.82, 2.24) is 4.98 Å². The van der Waals surface area contributed by atoms with Crippen LogP contribution in [0.3, 0.4) is 0 Å². The van der Waals surface area contributed by atoms with E-state index in [4.69, 9.17) is 0 Å². The van der Waals surface area contributed by atoms with Crippen molar-refractivity contribution in [3.8, 4) is 0 Å². The zero-order chi connectivity index (χ0) is 13.5. The van der Waals surface area contributed by atoms with Crippen molar-refractivity contribution in [3.05, 3.63) is 71.2 Å². The van der Waals surface area contributed by atoms with Gasteiger partial charge in [-0.05, 0) is 35.9 Å². The molecule has 2 aromatic carbocycles. The van der Waals surface area contributed by atoms with Crippen LogP contribution in [0.2, 0.25) is 0 Å². The molecule has 0 saturated carbocycles. The first-order chi connectivity index (χ1) is 9.83. The van der Waals surface area contributed by atoms with Crippen molar-refractivity contribution >= 4 is 10.9 Å². The maximum atomic E-state index is 13.1. The van der Waals surface area contributed by atoms with E-state index in [2.05, 4.69) is 34.6 Å². The Morgan fingerprint density at radius 1 is 1.05 bits per heavy atom. The Labute approximate surface area is 116 Å². The molecule has 2 nitrogen and oxygen atoms in total. The van der Waals surface area contributed by atoms with Gasteiger partial charge in [0.1, 0.15) is 5.82 Å². The first-order valence-electron chi connectivity index (χ1n) is 7.01. The van der Waals surface area contributed by atoms with Gasteiger partial charge in [0.15, 0.2) is 6.04 Å². The fraction of sp³-hybridized carbons (Fsp3) is 0.176. The van der Waals surface area contributed by atoms with Gasteiger partial charge < -0.3 is 10.3 Å². The molecule has 0 amide bonds. The second kappa shape index (κ2) is 4.46. The van der Waals surface area contributed by atoms with Crippen LogP contribution in [0.5, 0.6) is 0 Å². The molecule has 0 bridgehead atoms. The quantitative estimate of drug-likeness (QED) is 0.679. The van der Waals surface area contributed by atoms with E-state index in [0.29, 0.717) is 0 Å². The van der Waals surface area contributed by atoms with Gasteiger partial charge in [0.05, 0.1) is 12.2 Å². The van der Waals surface area contributed by atoms with Gasteiger partial charge in [0, 0.05) is 22.9 Å². The number of nitrogens with two attached hydrogens (primary N) is 1. The Morgan fingerprint density at radius 3 is 2.70 bits per heavy atom. The molecule has 100 valence electrons. The zero-order valence-corrected chi connectivity index (χ0v) is 11.1. The molecule has 4 rings (SSSR count). The van der Waals surface area contributed by atoms with Gasteiger partial charge in [0.25, 0.3) is 0 Å². The molecule has 0 spiro atoms. The van der Waals surface area contributed by atoms with E-state index in [1.165, 1.54) is 22.2 Å². The maximum Gasteiger partial charge on any atom is 0.153 e. The zero-order valence-electron chi connectivity index (χ0n) is 11.1. The van der Waals surface area contributed by atoms with Crippen LogP contribution >= 0.6 is 0 Å². The minimum absolute atomic E-state index is 0.179. The van der Waals surface area contributed by atoms with Gasteiger partial charge in [-0.25, -0.2) is 4.39 Å². The predicted octanol–water partition coefficient (Wildman–Crippen LogP) is 2.52. The summed E-state index contributed by atoms with van der Waals surface area (Å²) in [5.41, 5.74) is 5.03. The van der Waals surface area contributed by atoms with Gasteiger partial charge in [-0.1, -0.05) is 18.2 Å². The summed E-state index contributed by atoms with van der Waals surface area (Å²) in [6.07, 6.45) is 1.08. The van der Waals surface area contributed by atoms with Crippen molar-refractivity contribution in [3.63, 3.8) is 0 Å². The van der Waals surface area contributed by atoms with Gasteiger partial charge >= 0.3 is 0 Å². The van der Waals surface area contributed by atoms with Crippen LogP contribution in [0.1, 0.15) is 22.9 Å². The molecular formula is C17H16FN2+. The summed E-state index contributed by atoms with van der Waals surface area (Å²) in [4.78, 5) is 3.55. The Bertz CT molecular complexity index is 758. The predicted molar refractivity (Wildman–Crippen MR) is 77.0 cm³/mol. The number of H-pyrrole nitrogens is 1. The minimum atomic E-state index is -0.179. The van der Waals surface area contributed by atoms with Gasteiger partial charge in [-0.2, -0.15) is 0 Å². The van der Waals surface area contributed by atoms with Gasteiger partial charge in [0.2, 0.25) is 0 Å². The number of quaternary nitrogens is 1. The highest BCUT2D eigenvalue weighted by atomic mass is 19.1. The molecule has 0 radical (unpaired) electrons. The number of hydrogen-bond acceptors (Lipinski definition) is 0. The van der Waals surface area contributed by atoms with Crippen LogP contribution < -0.4 is 5.32 Å². The fourth-order valence-corrected chi connectivity index (χ4v) is 3.24. The van der Waals surface area contributed by atoms with Crippen molar-refractivity contribution < 1.29 is 9.71 Å². The summed E-state index contributed by atoms with van der Waals surface area (Å²) in [5, 5.41) is 3.65. The highest BCUT2D eigenvalue weighted by Gasteiger charge is 2.28. The Morgan fingerprint density at radius 2 is 1.85 bits per heavy atom. The highest BCUT2D eigenvalue weighted by Crippen LogP contribution is 2.30. The lowest BCUT2D eigenvalue weighted by Crippen LogP contribution is -2.87. The first kappa shape index (κ1) is 11.7. The third-order valence-corrected chi connectivity index (χ3v) is 4.18. The smallest absolute Gasteiger partial charge is 0.153 e. The maximum absolute atomic E-state index is 13.1. The molecule has 0 saturated heterocycles. The molecule has 1 atom stereocenters. The SMILES string of the molecule is Fc1ccc([C@@H]2[NH2+]CCc3c2[nH]c2ccccc32)cc1. The third kappa shape index (κ3) is 1.74. The van der Waals surface area contributed by atoms with E-state index in [1.54, 1.807) is 12.1 Å². The number of fused-ring (bicyclic) bond motifs is 3. The largest absolute Gasteiger partial charge is 0.353 e. The Hall–Kier alpha value is -2.13. The van der Waals surface area contributed by atoms with Crippen molar-refractivity contribution in [2.24, 2.45) is 0 Å². The molecule has 3 N–H and O–H groups in total. The average Bonchev–Trinajstić information content (AvgIpc) is 2.87. The lowest BCUT2D eigenvalue weighted by molar-refractivity contribution is -0.690. The molecule has 0 unspecified atom stereocenters. The Kier molecular flexibility index (Phi) is 2.60. The fourth-order valence-electron chi connectivity index (χ4n) is 3.24. The minimum Gasteiger partial charge on any atom is -0.353 e. The summed E-state index contributed by atoms with van der Waals surface area (Å²) in [6, 6.07) is 15.5. The number of aromatic amines is 1. The number of benzene rings is 2. The number of hydrogen-bond donors (Lipinski definition) is 2. The topological polar surface area (TPSA) is 32.4 Å². The number of para-hydroxylation sites is 1. The molecule has 3 aromatic rings. The highest BCUT2D eigenvalue weighted by molar-refractivity contribution is 5.85. The van der Waals surface area contributed by atoms with Crippen LogP contribution in [-0.2, 0) is 6.42 Å². The van der Waals surface area contributed by atoms with Gasteiger partial charge in [-0.15, -0.1) is 0 Å². The average molecular weight is 267 g/mol. The van der Waals surface area contributed by atoms with Crippen LogP contribution in [0.25, 0.3) is 10.9 Å². The number of nitrogens with one attached hydrogen (secondary N) is 1. The van der Waals surface area contributed by atoms with Crippen LogP contribution in [0, 0.1) is 5.82 Å². The normalized spacial score (nSPS) is 18.1. The van der Waals surface area contributed by atoms with E-state index >= 15 is 0 Å². The standard InChI is InChI=1S/C17H15FN2/c18-12-7-5-11(6-8-12)16-17-14(9-10-19-16)13-3-1-2-4-15(13)20-17/h1-8,16,19-20H,9-10H2/p+1/t16-/m0/s1. The lowest BCUT2D eigenvalue weighted by atomic mass is 9.94. The molecule has 1 aromatic heterocycles. The summed E-state index contributed by atoms with van der Waals surface area (Å²) >= 11 is 0. The van der Waals surface area contributed by atoms with E-state index in [-0.39, 0.29) is 11.9 Å². The summed E-state index contributed by atoms with van der Waals surface area (Å²) in [5.74, 6) is -0.179. The Balaban J connectivity index is 1.87. The molecule has 0 fully saturated rings. The van der Waals surface area contributed by atoms with E-state index < -0.39 is 0 Å². The third-order valence-electron chi connectivity index (χ3n) is 4.18. The first-order valence-corrected chi connectivity index (χ1v) is 7.01. The second-order valence-electron chi connectivity index (χ2n) is 5.37. The molecule has 1 aliphatic rings. The molecule has 1 aliphatic heterocycles. The summed E-state index contributed by atoms with van der Waals surface area (Å²) < 4.78 is 13.1. The van der Waals surface area contributed by atoms with Crippen LogP contribution in [-0.4, -0.2) is 11.5 Å². The van der Waals surface area contributed by atoms with Crippen LogP contribution in [0.15, 0.2) is 48.5 Å². The molecule has 3 heteroatoms. The molecule has 20 heavy (non-hydrogen) atoms. The summed E-state index contributed by atoms with van der Waals surface area (Å²) in [6.45, 7) is 1.07. The number of halogens is 1. The van der Waals surface area contributed by atoms with Crippen molar-refractivity contribution in [1.29, 1.82) is 0 Å². The van der Waals surface area contributed by atoms with Crippen molar-refractivity contribution in [2.45, 2.75) is 12.5 Å². The summed E-state index contributed by atoms with van der Waals surface area (Å²) in [7, 11) is 0. The second-order valence-corrected chi connectivity index (χ2v) is 5.37. The van der Waals surface area contributed by atoms with Gasteiger partial charge in [-0.3, -0.25) is 0 Å². The van der Waals surface area contributed by atoms with Crippen LogP contribution in [0.4, 0.5) is 4.39 Å². The number of rotatable bonds is 1. The lowest BCUT2D eigenvalue weighted by Gasteiger charge is -2.21. The molecule has 0 aliphatic carbocycles. The van der Waals surface area contributed by atoms with E-state index in [9.17, 15) is 4.39 Å². The number of aromatic nitrogens is 1. The monoisotopic (exact) mass is 267 g/mol. The van der Waals surface area contributed by atoms with E-state index in [1.807, 2.05) is 12.1 Å². The molecule has 2 heterocycles.